The first-order valence-corrected chi connectivity index (χ1v) is 10.9. The highest BCUT2D eigenvalue weighted by Gasteiger charge is 2.36. The van der Waals surface area contributed by atoms with Gasteiger partial charge in [0, 0.05) is 5.02 Å². The molecule has 0 radical (unpaired) electrons. The number of hydrogen-bond donors (Lipinski definition) is 1. The normalized spacial score (nSPS) is 14.8. The first kappa shape index (κ1) is 23.1. The number of rotatable bonds is 7. The minimum absolute atomic E-state index is 0.158. The number of urea groups is 1. The Bertz CT molecular complexity index is 1250. The van der Waals surface area contributed by atoms with Crippen LogP contribution >= 0.6 is 11.6 Å². The quantitative estimate of drug-likeness (QED) is 0.301. The standard InChI is InChI=1S/C26H21ClN2O5/c1-17-3-2-4-22(15-17)34-14-13-33-21-11-5-18(6-12-21)16-23-24(30)28-26(32)29(25(23)31)20-9-7-19(27)8-10-20/h2-12,15-16H,13-14H2,1H3,(H,28,30,32)/b23-16+. The first-order valence-electron chi connectivity index (χ1n) is 10.5. The van der Waals surface area contributed by atoms with Crippen molar-refractivity contribution in [1.29, 1.82) is 0 Å². The number of amides is 4. The summed E-state index contributed by atoms with van der Waals surface area (Å²) in [6, 6.07) is 20.0. The molecule has 3 aromatic carbocycles. The number of barbiturate groups is 1. The van der Waals surface area contributed by atoms with Crippen molar-refractivity contribution in [2.75, 3.05) is 18.1 Å². The molecule has 172 valence electrons. The predicted octanol–water partition coefficient (Wildman–Crippen LogP) is 4.77. The maximum atomic E-state index is 12.9. The number of ether oxygens (including phenoxy) is 2. The van der Waals surface area contributed by atoms with Crippen LogP contribution in [0.25, 0.3) is 6.08 Å². The zero-order chi connectivity index (χ0) is 24.1. The number of carbonyl (C=O) groups is 3. The highest BCUT2D eigenvalue weighted by Crippen LogP contribution is 2.24. The van der Waals surface area contributed by atoms with Crippen LogP contribution < -0.4 is 19.7 Å². The molecule has 7 nitrogen and oxygen atoms in total. The summed E-state index contributed by atoms with van der Waals surface area (Å²) in [7, 11) is 0. The number of imide groups is 2. The SMILES string of the molecule is Cc1cccc(OCCOc2ccc(/C=C3\C(=O)NC(=O)N(c4ccc(Cl)cc4)C3=O)cc2)c1. The Hall–Kier alpha value is -4.10. The highest BCUT2D eigenvalue weighted by atomic mass is 35.5. The van der Waals surface area contributed by atoms with E-state index in [2.05, 4.69) is 5.32 Å². The Morgan fingerprint density at radius 3 is 2.24 bits per heavy atom. The van der Waals surface area contributed by atoms with Gasteiger partial charge < -0.3 is 9.47 Å². The molecule has 1 saturated heterocycles. The number of benzene rings is 3. The van der Waals surface area contributed by atoms with E-state index < -0.39 is 17.8 Å². The second-order valence-electron chi connectivity index (χ2n) is 7.52. The molecule has 0 unspecified atom stereocenters. The van der Waals surface area contributed by atoms with E-state index in [9.17, 15) is 14.4 Å². The Balaban J connectivity index is 1.40. The molecule has 1 fully saturated rings. The number of nitrogens with zero attached hydrogens (tertiary/aromatic N) is 1. The molecule has 34 heavy (non-hydrogen) atoms. The van der Waals surface area contributed by atoms with Gasteiger partial charge in [0.1, 0.15) is 30.3 Å². The van der Waals surface area contributed by atoms with Crippen molar-refractivity contribution in [1.82, 2.24) is 5.32 Å². The van der Waals surface area contributed by atoms with Crippen molar-refractivity contribution >= 4 is 41.2 Å². The molecule has 0 spiro atoms. The van der Waals surface area contributed by atoms with E-state index >= 15 is 0 Å². The second-order valence-corrected chi connectivity index (χ2v) is 7.95. The third kappa shape index (κ3) is 5.44. The minimum atomic E-state index is -0.814. The van der Waals surface area contributed by atoms with Crippen LogP contribution in [0.5, 0.6) is 11.5 Å². The molecule has 3 aromatic rings. The Labute approximate surface area is 201 Å². The largest absolute Gasteiger partial charge is 0.490 e. The molecule has 1 heterocycles. The van der Waals surface area contributed by atoms with Crippen LogP contribution in [0.4, 0.5) is 10.5 Å². The van der Waals surface area contributed by atoms with E-state index in [1.807, 2.05) is 31.2 Å². The van der Waals surface area contributed by atoms with Crippen LogP contribution in [0, 0.1) is 6.92 Å². The van der Waals surface area contributed by atoms with Gasteiger partial charge in [-0.25, -0.2) is 9.69 Å². The summed E-state index contributed by atoms with van der Waals surface area (Å²) in [4.78, 5) is 38.4. The monoisotopic (exact) mass is 476 g/mol. The van der Waals surface area contributed by atoms with Crippen LogP contribution in [0.1, 0.15) is 11.1 Å². The number of anilines is 1. The van der Waals surface area contributed by atoms with E-state index in [1.54, 1.807) is 36.4 Å². The predicted molar refractivity (Wildman–Crippen MR) is 129 cm³/mol. The molecule has 8 heteroatoms. The molecule has 4 amide bonds. The molecule has 1 aliphatic heterocycles. The van der Waals surface area contributed by atoms with Crippen molar-refractivity contribution in [2.24, 2.45) is 0 Å². The minimum Gasteiger partial charge on any atom is -0.490 e. The summed E-state index contributed by atoms with van der Waals surface area (Å²) in [5.41, 5.74) is 1.87. The summed E-state index contributed by atoms with van der Waals surface area (Å²) in [6.07, 6.45) is 1.43. The maximum Gasteiger partial charge on any atom is 0.335 e. The van der Waals surface area contributed by atoms with E-state index in [0.717, 1.165) is 16.2 Å². The summed E-state index contributed by atoms with van der Waals surface area (Å²) in [5.74, 6) is -0.0713. The Morgan fingerprint density at radius 2 is 1.56 bits per heavy atom. The van der Waals surface area contributed by atoms with Crippen molar-refractivity contribution in [3.05, 3.63) is 94.5 Å². The van der Waals surface area contributed by atoms with Crippen LogP contribution in [-0.4, -0.2) is 31.1 Å². The van der Waals surface area contributed by atoms with Crippen LogP contribution in [0.15, 0.2) is 78.4 Å². The van der Waals surface area contributed by atoms with Gasteiger partial charge in [-0.2, -0.15) is 0 Å². The van der Waals surface area contributed by atoms with Crippen LogP contribution in [0.2, 0.25) is 5.02 Å². The zero-order valence-corrected chi connectivity index (χ0v) is 19.0. The molecular weight excluding hydrogens is 456 g/mol. The van der Waals surface area contributed by atoms with Gasteiger partial charge in [-0.05, 0) is 72.7 Å². The lowest BCUT2D eigenvalue weighted by Gasteiger charge is -2.26. The summed E-state index contributed by atoms with van der Waals surface area (Å²) < 4.78 is 11.4. The summed E-state index contributed by atoms with van der Waals surface area (Å²) >= 11 is 5.88. The van der Waals surface area contributed by atoms with Gasteiger partial charge in [-0.3, -0.25) is 14.9 Å². The van der Waals surface area contributed by atoms with Gasteiger partial charge in [0.15, 0.2) is 0 Å². The molecular formula is C26H21ClN2O5. The number of halogens is 1. The number of carbonyl (C=O) groups excluding carboxylic acids is 3. The maximum absolute atomic E-state index is 12.9. The lowest BCUT2D eigenvalue weighted by molar-refractivity contribution is -0.122. The molecule has 1 aliphatic rings. The number of hydrogen-bond acceptors (Lipinski definition) is 5. The lowest BCUT2D eigenvalue weighted by atomic mass is 10.1. The van der Waals surface area contributed by atoms with E-state index in [4.69, 9.17) is 21.1 Å². The average molecular weight is 477 g/mol. The molecule has 1 N–H and O–H groups in total. The third-order valence-electron chi connectivity index (χ3n) is 4.99. The van der Waals surface area contributed by atoms with Crippen molar-refractivity contribution in [2.45, 2.75) is 6.92 Å². The molecule has 0 aromatic heterocycles. The van der Waals surface area contributed by atoms with Gasteiger partial charge in [-0.15, -0.1) is 0 Å². The van der Waals surface area contributed by atoms with Crippen LogP contribution in [-0.2, 0) is 9.59 Å². The summed E-state index contributed by atoms with van der Waals surface area (Å²) in [5, 5.41) is 2.66. The Kier molecular flexibility index (Phi) is 6.94. The van der Waals surface area contributed by atoms with Crippen LogP contribution in [0.3, 0.4) is 0 Å². The van der Waals surface area contributed by atoms with Crippen molar-refractivity contribution in [3.63, 3.8) is 0 Å². The summed E-state index contributed by atoms with van der Waals surface area (Å²) in [6.45, 7) is 2.74. The Morgan fingerprint density at radius 1 is 0.882 bits per heavy atom. The molecule has 0 saturated carbocycles. The molecule has 0 atom stereocenters. The fourth-order valence-electron chi connectivity index (χ4n) is 3.33. The van der Waals surface area contributed by atoms with Gasteiger partial charge in [0.05, 0.1) is 5.69 Å². The fraction of sp³-hybridized carbons (Fsp3) is 0.115. The zero-order valence-electron chi connectivity index (χ0n) is 18.3. The van der Waals surface area contributed by atoms with E-state index in [-0.39, 0.29) is 5.57 Å². The van der Waals surface area contributed by atoms with Crippen molar-refractivity contribution < 1.29 is 23.9 Å². The average Bonchev–Trinajstić information content (AvgIpc) is 2.81. The van der Waals surface area contributed by atoms with Gasteiger partial charge in [-0.1, -0.05) is 35.9 Å². The number of aryl methyl sites for hydroxylation is 1. The number of nitrogens with one attached hydrogen (secondary N) is 1. The second kappa shape index (κ2) is 10.2. The first-order chi connectivity index (χ1) is 16.4. The van der Waals surface area contributed by atoms with E-state index in [0.29, 0.717) is 35.2 Å². The van der Waals surface area contributed by atoms with Gasteiger partial charge >= 0.3 is 6.03 Å². The van der Waals surface area contributed by atoms with Gasteiger partial charge in [0.25, 0.3) is 11.8 Å². The van der Waals surface area contributed by atoms with Crippen molar-refractivity contribution in [3.8, 4) is 11.5 Å². The topological polar surface area (TPSA) is 84.9 Å². The smallest absolute Gasteiger partial charge is 0.335 e. The molecule has 0 aliphatic carbocycles. The highest BCUT2D eigenvalue weighted by molar-refractivity contribution is 6.39. The lowest BCUT2D eigenvalue weighted by Crippen LogP contribution is -2.54. The van der Waals surface area contributed by atoms with E-state index in [1.165, 1.54) is 18.2 Å². The molecule has 4 rings (SSSR count). The molecule has 0 bridgehead atoms. The van der Waals surface area contributed by atoms with Gasteiger partial charge in [0.2, 0.25) is 0 Å². The third-order valence-corrected chi connectivity index (χ3v) is 5.24. The fourth-order valence-corrected chi connectivity index (χ4v) is 3.46.